The maximum absolute atomic E-state index is 12.2. The Morgan fingerprint density at radius 2 is 2.14 bits per heavy atom. The van der Waals surface area contributed by atoms with Gasteiger partial charge in [0, 0.05) is 19.6 Å². The molecule has 0 unspecified atom stereocenters. The first-order valence-corrected chi connectivity index (χ1v) is 7.26. The van der Waals surface area contributed by atoms with Crippen molar-refractivity contribution in [2.75, 3.05) is 7.11 Å². The lowest BCUT2D eigenvalue weighted by Crippen LogP contribution is -2.45. The van der Waals surface area contributed by atoms with Crippen molar-refractivity contribution < 1.29 is 23.8 Å². The number of aromatic carboxylic acids is 1. The van der Waals surface area contributed by atoms with E-state index in [1.54, 1.807) is 14.0 Å². The monoisotopic (exact) mass is 295 g/mol. The van der Waals surface area contributed by atoms with Crippen molar-refractivity contribution in [1.29, 1.82) is 0 Å². The summed E-state index contributed by atoms with van der Waals surface area (Å²) in [6.45, 7) is 1.79. The maximum atomic E-state index is 12.2. The largest absolute Gasteiger partial charge is 0.478 e. The first-order chi connectivity index (χ1) is 10.1. The van der Waals surface area contributed by atoms with Crippen molar-refractivity contribution in [2.24, 2.45) is 0 Å². The highest BCUT2D eigenvalue weighted by atomic mass is 16.5. The molecule has 0 aliphatic heterocycles. The number of amides is 1. The Balaban J connectivity index is 2.11. The number of nitrogens with one attached hydrogen (secondary N) is 1. The quantitative estimate of drug-likeness (QED) is 0.869. The minimum atomic E-state index is -1.08. The van der Waals surface area contributed by atoms with E-state index in [-0.39, 0.29) is 29.4 Å². The second kappa shape index (κ2) is 6.76. The maximum Gasteiger partial charge on any atom is 0.339 e. The summed E-state index contributed by atoms with van der Waals surface area (Å²) in [5.41, 5.74) is 0.0505. The average Bonchev–Trinajstić information content (AvgIpc) is 2.92. The molecule has 1 aliphatic carbocycles. The van der Waals surface area contributed by atoms with Gasteiger partial charge in [0.1, 0.15) is 11.3 Å². The number of methoxy groups -OCH3 is 1. The topological polar surface area (TPSA) is 88.8 Å². The van der Waals surface area contributed by atoms with Crippen molar-refractivity contribution in [3.63, 3.8) is 0 Å². The lowest BCUT2D eigenvalue weighted by molar-refractivity contribution is 0.0385. The van der Waals surface area contributed by atoms with E-state index >= 15 is 0 Å². The Labute approximate surface area is 123 Å². The van der Waals surface area contributed by atoms with E-state index in [1.165, 1.54) is 6.07 Å². The first kappa shape index (κ1) is 15.6. The molecule has 1 heterocycles. The summed E-state index contributed by atoms with van der Waals surface area (Å²) in [6, 6.07) is 1.24. The number of aryl methyl sites for hydroxylation is 1. The summed E-state index contributed by atoms with van der Waals surface area (Å²) >= 11 is 0. The molecule has 1 amide bonds. The number of rotatable bonds is 5. The number of hydrogen-bond acceptors (Lipinski definition) is 4. The average molecular weight is 295 g/mol. The van der Waals surface area contributed by atoms with Gasteiger partial charge in [-0.1, -0.05) is 19.8 Å². The van der Waals surface area contributed by atoms with Crippen LogP contribution in [0, 0.1) is 0 Å². The van der Waals surface area contributed by atoms with Crippen LogP contribution in [-0.2, 0) is 11.2 Å². The summed E-state index contributed by atoms with van der Waals surface area (Å²) in [4.78, 5) is 23.3. The molecular formula is C15H21NO5. The second-order valence-corrected chi connectivity index (χ2v) is 5.24. The van der Waals surface area contributed by atoms with Gasteiger partial charge in [-0.15, -0.1) is 0 Å². The molecule has 0 saturated heterocycles. The van der Waals surface area contributed by atoms with Crippen molar-refractivity contribution >= 4 is 11.9 Å². The molecule has 2 N–H and O–H groups in total. The zero-order chi connectivity index (χ0) is 15.4. The van der Waals surface area contributed by atoms with Crippen molar-refractivity contribution in [2.45, 2.75) is 51.2 Å². The molecule has 1 saturated carbocycles. The number of furan rings is 1. The van der Waals surface area contributed by atoms with Gasteiger partial charge in [0.2, 0.25) is 0 Å². The van der Waals surface area contributed by atoms with E-state index in [0.717, 1.165) is 25.7 Å². The Hall–Kier alpha value is -1.82. The normalized spacial score (nSPS) is 22.0. The SMILES string of the molecule is CCc1oc(C(=O)N[C@H]2CCCC[C@@H]2OC)cc1C(=O)O. The number of carbonyl (C=O) groups is 2. The first-order valence-electron chi connectivity index (χ1n) is 7.26. The molecule has 0 bridgehead atoms. The highest BCUT2D eigenvalue weighted by Crippen LogP contribution is 2.22. The highest BCUT2D eigenvalue weighted by molar-refractivity contribution is 5.96. The van der Waals surface area contributed by atoms with Gasteiger partial charge in [-0.25, -0.2) is 4.79 Å². The minimum absolute atomic E-state index is 0.00209. The summed E-state index contributed by atoms with van der Waals surface area (Å²) in [6.07, 6.45) is 4.34. The lowest BCUT2D eigenvalue weighted by atomic mass is 9.92. The fourth-order valence-electron chi connectivity index (χ4n) is 2.77. The van der Waals surface area contributed by atoms with Gasteiger partial charge in [0.15, 0.2) is 5.76 Å². The lowest BCUT2D eigenvalue weighted by Gasteiger charge is -2.30. The second-order valence-electron chi connectivity index (χ2n) is 5.24. The van der Waals surface area contributed by atoms with Gasteiger partial charge in [-0.2, -0.15) is 0 Å². The highest BCUT2D eigenvalue weighted by Gasteiger charge is 2.28. The van der Waals surface area contributed by atoms with Crippen LogP contribution in [0.5, 0.6) is 0 Å². The van der Waals surface area contributed by atoms with E-state index < -0.39 is 5.97 Å². The van der Waals surface area contributed by atoms with Crippen molar-refractivity contribution in [3.8, 4) is 0 Å². The predicted molar refractivity (Wildman–Crippen MR) is 75.6 cm³/mol. The van der Waals surface area contributed by atoms with Crippen LogP contribution in [0.2, 0.25) is 0 Å². The molecular weight excluding hydrogens is 274 g/mol. The van der Waals surface area contributed by atoms with Crippen LogP contribution in [0.3, 0.4) is 0 Å². The summed E-state index contributed by atoms with van der Waals surface area (Å²) < 4.78 is 10.8. The molecule has 1 fully saturated rings. The zero-order valence-corrected chi connectivity index (χ0v) is 12.3. The molecule has 2 rings (SSSR count). The number of hydrogen-bond donors (Lipinski definition) is 2. The van der Waals surface area contributed by atoms with E-state index in [9.17, 15) is 9.59 Å². The zero-order valence-electron chi connectivity index (χ0n) is 12.3. The van der Waals surface area contributed by atoms with Crippen molar-refractivity contribution in [3.05, 3.63) is 23.2 Å². The Bertz CT molecular complexity index is 522. The van der Waals surface area contributed by atoms with E-state index in [0.29, 0.717) is 12.2 Å². The molecule has 0 aromatic carbocycles. The Morgan fingerprint density at radius 1 is 1.43 bits per heavy atom. The molecule has 21 heavy (non-hydrogen) atoms. The third-order valence-electron chi connectivity index (χ3n) is 3.91. The number of carbonyl (C=O) groups excluding carboxylic acids is 1. The smallest absolute Gasteiger partial charge is 0.339 e. The number of carboxylic acid groups (broad SMARTS) is 1. The molecule has 2 atom stereocenters. The molecule has 6 heteroatoms. The van der Waals surface area contributed by atoms with Gasteiger partial charge in [0.25, 0.3) is 5.91 Å². The molecule has 1 aromatic heterocycles. The van der Waals surface area contributed by atoms with Crippen LogP contribution < -0.4 is 5.32 Å². The van der Waals surface area contributed by atoms with Gasteiger partial charge < -0.3 is 19.6 Å². The van der Waals surface area contributed by atoms with Gasteiger partial charge in [-0.05, 0) is 12.8 Å². The molecule has 6 nitrogen and oxygen atoms in total. The van der Waals surface area contributed by atoms with Gasteiger partial charge >= 0.3 is 5.97 Å². The molecule has 1 aliphatic rings. The number of carboxylic acids is 1. The summed E-state index contributed by atoms with van der Waals surface area (Å²) in [7, 11) is 1.64. The van der Waals surface area contributed by atoms with Gasteiger partial charge in [-0.3, -0.25) is 4.79 Å². The van der Waals surface area contributed by atoms with Gasteiger partial charge in [0.05, 0.1) is 12.1 Å². The van der Waals surface area contributed by atoms with Crippen LogP contribution in [0.4, 0.5) is 0 Å². The van der Waals surface area contributed by atoms with Crippen LogP contribution in [0.1, 0.15) is 59.3 Å². The van der Waals surface area contributed by atoms with Crippen LogP contribution in [-0.4, -0.2) is 36.2 Å². The van der Waals surface area contributed by atoms with Crippen LogP contribution >= 0.6 is 0 Å². The van der Waals surface area contributed by atoms with E-state index in [2.05, 4.69) is 5.32 Å². The van der Waals surface area contributed by atoms with E-state index in [1.807, 2.05) is 0 Å². The standard InChI is InChI=1S/C15H21NO5/c1-3-11-9(15(18)19)8-13(21-11)14(17)16-10-6-4-5-7-12(10)20-2/h8,10,12H,3-7H2,1-2H3,(H,16,17)(H,18,19)/t10-,12-/m0/s1. The molecule has 0 spiro atoms. The third kappa shape index (κ3) is 3.44. The fraction of sp³-hybridized carbons (Fsp3) is 0.600. The number of ether oxygens (including phenoxy) is 1. The van der Waals surface area contributed by atoms with E-state index in [4.69, 9.17) is 14.3 Å². The summed E-state index contributed by atoms with van der Waals surface area (Å²) in [5, 5.41) is 12.0. The summed E-state index contributed by atoms with van der Waals surface area (Å²) in [5.74, 6) is -1.10. The van der Waals surface area contributed by atoms with Crippen molar-refractivity contribution in [1.82, 2.24) is 5.32 Å². The van der Waals surface area contributed by atoms with Crippen LogP contribution in [0.25, 0.3) is 0 Å². The van der Waals surface area contributed by atoms with Crippen LogP contribution in [0.15, 0.2) is 10.5 Å². The minimum Gasteiger partial charge on any atom is -0.478 e. The molecule has 116 valence electrons. The fourth-order valence-corrected chi connectivity index (χ4v) is 2.77. The predicted octanol–water partition coefficient (Wildman–Crippen LogP) is 2.23. The molecule has 1 aromatic rings. The Morgan fingerprint density at radius 3 is 2.71 bits per heavy atom. The third-order valence-corrected chi connectivity index (χ3v) is 3.91. The Kier molecular flexibility index (Phi) is 5.01. The molecule has 0 radical (unpaired) electrons.